The van der Waals surface area contributed by atoms with Gasteiger partial charge in [0.1, 0.15) is 5.75 Å². The average Bonchev–Trinajstić information content (AvgIpc) is 2.76. The van der Waals surface area contributed by atoms with Crippen LogP contribution in [0, 0.1) is 6.92 Å². The zero-order chi connectivity index (χ0) is 11.5. The van der Waals surface area contributed by atoms with E-state index in [0.717, 1.165) is 24.9 Å². The number of amides is 1. The molecule has 1 amide bonds. The highest BCUT2D eigenvalue weighted by Gasteiger charge is 2.22. The molecule has 1 aromatic rings. The Bertz CT molecular complexity index is 398. The third-order valence-electron chi connectivity index (χ3n) is 2.79. The fraction of sp³-hybridized carbons (Fsp3) is 0.417. The van der Waals surface area contributed by atoms with E-state index < -0.39 is 0 Å². The van der Waals surface area contributed by atoms with Crippen LogP contribution in [0.5, 0.6) is 5.75 Å². The van der Waals surface area contributed by atoms with Crippen molar-refractivity contribution in [1.82, 2.24) is 5.32 Å². The summed E-state index contributed by atoms with van der Waals surface area (Å²) in [5.41, 5.74) is 1.49. The molecule has 0 saturated carbocycles. The quantitative estimate of drug-likeness (QED) is 0.660. The van der Waals surface area contributed by atoms with Crippen molar-refractivity contribution in [3.05, 3.63) is 23.8 Å². The van der Waals surface area contributed by atoms with Gasteiger partial charge in [0.2, 0.25) is 5.91 Å². The molecule has 1 aliphatic heterocycles. The number of rotatable bonds is 2. The molecule has 0 spiro atoms. The van der Waals surface area contributed by atoms with Gasteiger partial charge in [-0.2, -0.15) is 0 Å². The molecule has 1 fully saturated rings. The molecule has 4 heteroatoms. The third-order valence-corrected chi connectivity index (χ3v) is 2.79. The molecule has 3 N–H and O–H groups in total. The molecule has 86 valence electrons. The minimum atomic E-state index is -0.125. The van der Waals surface area contributed by atoms with E-state index in [9.17, 15) is 9.90 Å². The summed E-state index contributed by atoms with van der Waals surface area (Å²) in [7, 11) is 0. The fourth-order valence-corrected chi connectivity index (χ4v) is 1.88. The highest BCUT2D eigenvalue weighted by molar-refractivity contribution is 5.96. The van der Waals surface area contributed by atoms with Crippen LogP contribution in [-0.4, -0.2) is 23.6 Å². The summed E-state index contributed by atoms with van der Waals surface area (Å²) in [6.45, 7) is 2.81. The Morgan fingerprint density at radius 2 is 2.38 bits per heavy atom. The molecule has 1 aromatic carbocycles. The van der Waals surface area contributed by atoms with Crippen molar-refractivity contribution in [3.8, 4) is 5.75 Å². The maximum atomic E-state index is 11.8. The molecule has 0 aliphatic carbocycles. The van der Waals surface area contributed by atoms with Crippen molar-refractivity contribution in [2.24, 2.45) is 0 Å². The number of phenols is 1. The monoisotopic (exact) mass is 220 g/mol. The van der Waals surface area contributed by atoms with Gasteiger partial charge >= 0.3 is 0 Å². The summed E-state index contributed by atoms with van der Waals surface area (Å²) in [5, 5.41) is 15.5. The maximum absolute atomic E-state index is 11.8. The number of aromatic hydroxyl groups is 1. The van der Waals surface area contributed by atoms with E-state index in [1.54, 1.807) is 18.2 Å². The summed E-state index contributed by atoms with van der Waals surface area (Å²) >= 11 is 0. The molecular formula is C12H16N2O2. The SMILES string of the molecule is Cc1ccc(O)c(NC(=O)C2CCCN2)c1. The number of hydrogen-bond acceptors (Lipinski definition) is 3. The molecule has 1 aliphatic rings. The van der Waals surface area contributed by atoms with Crippen molar-refractivity contribution in [2.75, 3.05) is 11.9 Å². The molecule has 16 heavy (non-hydrogen) atoms. The van der Waals surface area contributed by atoms with Gasteiger partial charge in [-0.25, -0.2) is 0 Å². The molecule has 1 atom stereocenters. The second-order valence-corrected chi connectivity index (χ2v) is 4.16. The number of carbonyl (C=O) groups is 1. The number of aryl methyl sites for hydroxylation is 1. The van der Waals surface area contributed by atoms with E-state index >= 15 is 0 Å². The first-order valence-electron chi connectivity index (χ1n) is 5.50. The molecule has 1 saturated heterocycles. The lowest BCUT2D eigenvalue weighted by Gasteiger charge is -2.12. The van der Waals surface area contributed by atoms with E-state index in [4.69, 9.17) is 0 Å². The summed E-state index contributed by atoms with van der Waals surface area (Å²) < 4.78 is 0. The van der Waals surface area contributed by atoms with E-state index in [2.05, 4.69) is 10.6 Å². The van der Waals surface area contributed by atoms with Gasteiger partial charge in [-0.1, -0.05) is 6.07 Å². The van der Waals surface area contributed by atoms with Gasteiger partial charge in [-0.3, -0.25) is 4.79 Å². The van der Waals surface area contributed by atoms with Gasteiger partial charge in [-0.15, -0.1) is 0 Å². The zero-order valence-electron chi connectivity index (χ0n) is 9.29. The lowest BCUT2D eigenvalue weighted by atomic mass is 10.2. The Morgan fingerprint density at radius 3 is 3.06 bits per heavy atom. The fourth-order valence-electron chi connectivity index (χ4n) is 1.88. The highest BCUT2D eigenvalue weighted by atomic mass is 16.3. The summed E-state index contributed by atoms with van der Waals surface area (Å²) in [5.74, 6) is 0.0374. The van der Waals surface area contributed by atoms with E-state index in [1.165, 1.54) is 0 Å². The van der Waals surface area contributed by atoms with Crippen molar-refractivity contribution in [3.63, 3.8) is 0 Å². The van der Waals surface area contributed by atoms with Crippen LogP contribution in [0.25, 0.3) is 0 Å². The number of phenolic OH excluding ortho intramolecular Hbond substituents is 1. The molecule has 1 unspecified atom stereocenters. The van der Waals surface area contributed by atoms with Gasteiger partial charge in [-0.05, 0) is 44.0 Å². The Hall–Kier alpha value is -1.55. The summed E-state index contributed by atoms with van der Waals surface area (Å²) in [6.07, 6.45) is 1.89. The Balaban J connectivity index is 2.07. The van der Waals surface area contributed by atoms with Crippen LogP contribution < -0.4 is 10.6 Å². The Kier molecular flexibility index (Phi) is 3.10. The van der Waals surface area contributed by atoms with Crippen LogP contribution in [0.4, 0.5) is 5.69 Å². The molecule has 2 rings (SSSR count). The first-order valence-corrected chi connectivity index (χ1v) is 5.50. The van der Waals surface area contributed by atoms with Crippen LogP contribution in [0.15, 0.2) is 18.2 Å². The lowest BCUT2D eigenvalue weighted by Crippen LogP contribution is -2.35. The number of carbonyl (C=O) groups excluding carboxylic acids is 1. The molecule has 4 nitrogen and oxygen atoms in total. The number of nitrogens with one attached hydrogen (secondary N) is 2. The maximum Gasteiger partial charge on any atom is 0.241 e. The van der Waals surface area contributed by atoms with Crippen molar-refractivity contribution >= 4 is 11.6 Å². The number of hydrogen-bond donors (Lipinski definition) is 3. The van der Waals surface area contributed by atoms with E-state index in [-0.39, 0.29) is 17.7 Å². The summed E-state index contributed by atoms with van der Waals surface area (Å²) in [6, 6.07) is 5.04. The number of benzene rings is 1. The average molecular weight is 220 g/mol. The molecule has 0 bridgehead atoms. The van der Waals surface area contributed by atoms with E-state index in [0.29, 0.717) is 5.69 Å². The predicted molar refractivity (Wildman–Crippen MR) is 62.5 cm³/mol. The van der Waals surface area contributed by atoms with Crippen molar-refractivity contribution in [2.45, 2.75) is 25.8 Å². The van der Waals surface area contributed by atoms with Crippen molar-refractivity contribution in [1.29, 1.82) is 0 Å². The van der Waals surface area contributed by atoms with Crippen LogP contribution in [-0.2, 0) is 4.79 Å². The van der Waals surface area contributed by atoms with Crippen molar-refractivity contribution < 1.29 is 9.90 Å². The van der Waals surface area contributed by atoms with Crippen LogP contribution in [0.2, 0.25) is 0 Å². The number of anilines is 1. The normalized spacial score (nSPS) is 19.7. The topological polar surface area (TPSA) is 61.4 Å². The summed E-state index contributed by atoms with van der Waals surface area (Å²) in [4.78, 5) is 11.8. The van der Waals surface area contributed by atoms with E-state index in [1.807, 2.05) is 6.92 Å². The van der Waals surface area contributed by atoms with Crippen LogP contribution in [0.1, 0.15) is 18.4 Å². The minimum absolute atomic E-state index is 0.0709. The van der Waals surface area contributed by atoms with Gasteiger partial charge in [0.05, 0.1) is 11.7 Å². The first-order chi connectivity index (χ1) is 7.66. The Morgan fingerprint density at radius 1 is 1.56 bits per heavy atom. The molecule has 1 heterocycles. The van der Waals surface area contributed by atoms with Crippen LogP contribution in [0.3, 0.4) is 0 Å². The molecular weight excluding hydrogens is 204 g/mol. The highest BCUT2D eigenvalue weighted by Crippen LogP contribution is 2.24. The lowest BCUT2D eigenvalue weighted by molar-refractivity contribution is -0.117. The largest absolute Gasteiger partial charge is 0.506 e. The third kappa shape index (κ3) is 2.33. The first kappa shape index (κ1) is 11.0. The Labute approximate surface area is 94.7 Å². The minimum Gasteiger partial charge on any atom is -0.506 e. The molecule has 0 aromatic heterocycles. The predicted octanol–water partition coefficient (Wildman–Crippen LogP) is 1.39. The van der Waals surface area contributed by atoms with Gasteiger partial charge < -0.3 is 15.7 Å². The zero-order valence-corrected chi connectivity index (χ0v) is 9.29. The van der Waals surface area contributed by atoms with Gasteiger partial charge in [0.25, 0.3) is 0 Å². The van der Waals surface area contributed by atoms with Gasteiger partial charge in [0.15, 0.2) is 0 Å². The molecule has 0 radical (unpaired) electrons. The second-order valence-electron chi connectivity index (χ2n) is 4.16. The standard InChI is InChI=1S/C12H16N2O2/c1-8-4-5-11(15)10(7-8)14-12(16)9-3-2-6-13-9/h4-5,7,9,13,15H,2-3,6H2,1H3,(H,14,16). The second kappa shape index (κ2) is 4.53. The van der Waals surface area contributed by atoms with Crippen LogP contribution >= 0.6 is 0 Å². The smallest absolute Gasteiger partial charge is 0.241 e. The van der Waals surface area contributed by atoms with Gasteiger partial charge in [0, 0.05) is 0 Å².